The van der Waals surface area contributed by atoms with Gasteiger partial charge in [0, 0.05) is 7.11 Å². The molecule has 0 aliphatic rings. The van der Waals surface area contributed by atoms with Crippen molar-refractivity contribution in [2.45, 2.75) is 26.3 Å². The van der Waals surface area contributed by atoms with Crippen molar-refractivity contribution in [3.05, 3.63) is 27.9 Å². The van der Waals surface area contributed by atoms with E-state index in [0.29, 0.717) is 18.8 Å². The Balaban J connectivity index is 3.29. The topological polar surface area (TPSA) is 81.4 Å². The largest absolute Gasteiger partial charge is 0.477 e. The predicted molar refractivity (Wildman–Crippen MR) is 61.4 cm³/mol. The van der Waals surface area contributed by atoms with E-state index in [0.717, 1.165) is 0 Å². The van der Waals surface area contributed by atoms with E-state index in [4.69, 9.17) is 9.84 Å². The molecular weight excluding hydrogens is 224 g/mol. The van der Waals surface area contributed by atoms with Crippen molar-refractivity contribution in [3.63, 3.8) is 0 Å². The molecule has 1 aromatic rings. The molecule has 0 atom stereocenters. The van der Waals surface area contributed by atoms with Gasteiger partial charge >= 0.3 is 5.97 Å². The second-order valence-electron chi connectivity index (χ2n) is 3.96. The van der Waals surface area contributed by atoms with E-state index in [2.05, 4.69) is 4.98 Å². The average molecular weight is 240 g/mol. The number of aromatic nitrogens is 2. The first kappa shape index (κ1) is 13.4. The second kappa shape index (κ2) is 5.58. The zero-order chi connectivity index (χ0) is 13.0. The van der Waals surface area contributed by atoms with E-state index >= 15 is 0 Å². The van der Waals surface area contributed by atoms with Crippen molar-refractivity contribution in [1.29, 1.82) is 0 Å². The maximum absolute atomic E-state index is 11.9. The van der Waals surface area contributed by atoms with Crippen LogP contribution in [0.15, 0.2) is 11.1 Å². The van der Waals surface area contributed by atoms with Crippen LogP contribution in [0.25, 0.3) is 0 Å². The smallest absolute Gasteiger partial charge is 0.343 e. The number of carboxylic acid groups (broad SMARTS) is 1. The van der Waals surface area contributed by atoms with Gasteiger partial charge in [-0.1, -0.05) is 13.8 Å². The first-order valence-electron chi connectivity index (χ1n) is 5.30. The Morgan fingerprint density at radius 1 is 1.59 bits per heavy atom. The third-order valence-electron chi connectivity index (χ3n) is 2.36. The van der Waals surface area contributed by atoms with Gasteiger partial charge in [0.25, 0.3) is 5.56 Å². The summed E-state index contributed by atoms with van der Waals surface area (Å²) >= 11 is 0. The van der Waals surface area contributed by atoms with E-state index in [9.17, 15) is 9.59 Å². The van der Waals surface area contributed by atoms with Gasteiger partial charge in [0.15, 0.2) is 0 Å². The van der Waals surface area contributed by atoms with Gasteiger partial charge in [0.05, 0.1) is 25.2 Å². The first-order valence-corrected chi connectivity index (χ1v) is 5.30. The molecule has 0 unspecified atom stereocenters. The molecule has 0 saturated heterocycles. The molecule has 6 heteroatoms. The van der Waals surface area contributed by atoms with Crippen LogP contribution in [0.2, 0.25) is 0 Å². The Hall–Kier alpha value is -1.69. The maximum atomic E-state index is 11.9. The predicted octanol–water partition coefficient (Wildman–Crippen LogP) is 0.711. The Kier molecular flexibility index (Phi) is 4.39. The number of carboxylic acids is 1. The van der Waals surface area contributed by atoms with Crippen LogP contribution in [0.4, 0.5) is 0 Å². The fraction of sp³-hybridized carbons (Fsp3) is 0.545. The van der Waals surface area contributed by atoms with Crippen molar-refractivity contribution < 1.29 is 14.6 Å². The van der Waals surface area contributed by atoms with Gasteiger partial charge in [-0.2, -0.15) is 0 Å². The minimum Gasteiger partial charge on any atom is -0.477 e. The molecule has 0 bridgehead atoms. The quantitative estimate of drug-likeness (QED) is 0.819. The van der Waals surface area contributed by atoms with Gasteiger partial charge in [-0.05, 0) is 5.92 Å². The number of rotatable bonds is 5. The molecule has 1 N–H and O–H groups in total. The van der Waals surface area contributed by atoms with Crippen LogP contribution in [0.1, 0.15) is 35.8 Å². The second-order valence-corrected chi connectivity index (χ2v) is 3.96. The lowest BCUT2D eigenvalue weighted by molar-refractivity contribution is 0.0691. The molecule has 94 valence electrons. The van der Waals surface area contributed by atoms with E-state index in [1.165, 1.54) is 18.0 Å². The molecule has 0 aromatic carbocycles. The zero-order valence-electron chi connectivity index (χ0n) is 10.1. The molecule has 0 saturated carbocycles. The van der Waals surface area contributed by atoms with Crippen LogP contribution < -0.4 is 5.56 Å². The molecule has 6 nitrogen and oxygen atoms in total. The molecule has 0 aliphatic carbocycles. The zero-order valence-corrected chi connectivity index (χ0v) is 10.1. The third kappa shape index (κ3) is 2.91. The summed E-state index contributed by atoms with van der Waals surface area (Å²) in [6, 6.07) is 0. The number of carbonyl (C=O) groups is 1. The van der Waals surface area contributed by atoms with Gasteiger partial charge in [-0.15, -0.1) is 0 Å². The fourth-order valence-electron chi connectivity index (χ4n) is 1.49. The summed E-state index contributed by atoms with van der Waals surface area (Å²) in [6.07, 6.45) is 1.36. The van der Waals surface area contributed by atoms with Crippen LogP contribution >= 0.6 is 0 Å². The molecule has 1 aromatic heterocycles. The standard InChI is InChI=1S/C11H16N2O4/c1-7(2)9-8(11(15)16)10(14)13(6-12-9)4-5-17-3/h6-7H,4-5H2,1-3H3,(H,15,16). The van der Waals surface area contributed by atoms with Crippen molar-refractivity contribution in [2.24, 2.45) is 0 Å². The van der Waals surface area contributed by atoms with Crippen molar-refractivity contribution in [2.75, 3.05) is 13.7 Å². The number of hydrogen-bond acceptors (Lipinski definition) is 4. The minimum absolute atomic E-state index is 0.106. The van der Waals surface area contributed by atoms with Gasteiger partial charge in [0.2, 0.25) is 0 Å². The Morgan fingerprint density at radius 3 is 2.71 bits per heavy atom. The lowest BCUT2D eigenvalue weighted by atomic mass is 10.1. The highest BCUT2D eigenvalue weighted by Gasteiger charge is 2.20. The Labute approximate surface area is 98.9 Å². The molecule has 0 radical (unpaired) electrons. The number of hydrogen-bond donors (Lipinski definition) is 1. The molecule has 0 amide bonds. The highest BCUT2D eigenvalue weighted by Crippen LogP contribution is 2.13. The molecule has 1 heterocycles. The highest BCUT2D eigenvalue weighted by molar-refractivity contribution is 5.88. The number of aromatic carboxylic acids is 1. The van der Waals surface area contributed by atoms with Gasteiger partial charge in [-0.25, -0.2) is 9.78 Å². The number of methoxy groups -OCH3 is 1. The highest BCUT2D eigenvalue weighted by atomic mass is 16.5. The van der Waals surface area contributed by atoms with Crippen LogP contribution in [0.5, 0.6) is 0 Å². The van der Waals surface area contributed by atoms with Crippen LogP contribution in [-0.2, 0) is 11.3 Å². The van der Waals surface area contributed by atoms with Gasteiger partial charge in [-0.3, -0.25) is 9.36 Å². The van der Waals surface area contributed by atoms with Crippen molar-refractivity contribution in [1.82, 2.24) is 9.55 Å². The van der Waals surface area contributed by atoms with E-state index in [1.54, 1.807) is 13.8 Å². The first-order chi connectivity index (χ1) is 7.99. The molecular formula is C11H16N2O4. The van der Waals surface area contributed by atoms with Crippen molar-refractivity contribution in [3.8, 4) is 0 Å². The lowest BCUT2D eigenvalue weighted by Gasteiger charge is -2.11. The lowest BCUT2D eigenvalue weighted by Crippen LogP contribution is -2.30. The average Bonchev–Trinajstić information content (AvgIpc) is 2.26. The summed E-state index contributed by atoms with van der Waals surface area (Å²) in [6.45, 7) is 4.23. The van der Waals surface area contributed by atoms with E-state index in [-0.39, 0.29) is 11.5 Å². The molecule has 0 fully saturated rings. The molecule has 1 rings (SSSR count). The minimum atomic E-state index is -1.24. The van der Waals surface area contributed by atoms with E-state index in [1.807, 2.05) is 0 Å². The summed E-state index contributed by atoms with van der Waals surface area (Å²) in [5.74, 6) is -1.34. The number of nitrogens with zero attached hydrogens (tertiary/aromatic N) is 2. The monoisotopic (exact) mass is 240 g/mol. The van der Waals surface area contributed by atoms with Gasteiger partial charge < -0.3 is 9.84 Å². The summed E-state index contributed by atoms with van der Waals surface area (Å²) in [4.78, 5) is 27.1. The number of ether oxygens (including phenoxy) is 1. The molecule has 0 spiro atoms. The van der Waals surface area contributed by atoms with Crippen LogP contribution in [-0.4, -0.2) is 34.3 Å². The SMILES string of the molecule is COCCn1cnc(C(C)C)c(C(=O)O)c1=O. The maximum Gasteiger partial charge on any atom is 0.343 e. The molecule has 0 aliphatic heterocycles. The third-order valence-corrected chi connectivity index (χ3v) is 2.36. The van der Waals surface area contributed by atoms with Crippen molar-refractivity contribution >= 4 is 5.97 Å². The van der Waals surface area contributed by atoms with E-state index < -0.39 is 11.5 Å². The fourth-order valence-corrected chi connectivity index (χ4v) is 1.49. The Morgan fingerprint density at radius 2 is 2.24 bits per heavy atom. The molecule has 17 heavy (non-hydrogen) atoms. The normalized spacial score (nSPS) is 10.8. The van der Waals surface area contributed by atoms with Crippen LogP contribution in [0, 0.1) is 0 Å². The summed E-state index contributed by atoms with van der Waals surface area (Å²) in [5.41, 5.74) is -0.469. The summed E-state index contributed by atoms with van der Waals surface area (Å²) < 4.78 is 6.09. The Bertz CT molecular complexity index is 465. The summed E-state index contributed by atoms with van der Waals surface area (Å²) in [7, 11) is 1.51. The van der Waals surface area contributed by atoms with Crippen LogP contribution in [0.3, 0.4) is 0 Å². The summed E-state index contributed by atoms with van der Waals surface area (Å²) in [5, 5.41) is 9.06. The van der Waals surface area contributed by atoms with Gasteiger partial charge in [0.1, 0.15) is 5.56 Å².